The lowest BCUT2D eigenvalue weighted by atomic mass is 9.87. The van der Waals surface area contributed by atoms with Gasteiger partial charge in [0.15, 0.2) is 5.69 Å². The van der Waals surface area contributed by atoms with Gasteiger partial charge < -0.3 is 19.3 Å². The molecule has 6 aliphatic rings. The van der Waals surface area contributed by atoms with Crippen molar-refractivity contribution < 1.29 is 18.7 Å². The van der Waals surface area contributed by atoms with E-state index in [0.29, 0.717) is 74.9 Å². The zero-order valence-corrected chi connectivity index (χ0v) is 30.1. The predicted octanol–water partition coefficient (Wildman–Crippen LogP) is 6.13. The molecule has 5 aliphatic heterocycles. The topological polar surface area (TPSA) is 88.9 Å². The van der Waals surface area contributed by atoms with Gasteiger partial charge in [-0.1, -0.05) is 42.3 Å². The third-order valence-electron chi connectivity index (χ3n) is 12.3. The number of amides is 1. The van der Waals surface area contributed by atoms with Crippen molar-refractivity contribution in [3.8, 4) is 6.01 Å². The van der Waals surface area contributed by atoms with Gasteiger partial charge in [0.1, 0.15) is 18.6 Å². The van der Waals surface area contributed by atoms with Crippen LogP contribution in [0, 0.1) is 5.92 Å². The Balaban J connectivity index is 1.05. The van der Waals surface area contributed by atoms with Crippen LogP contribution in [-0.2, 0) is 42.9 Å². The summed E-state index contributed by atoms with van der Waals surface area (Å²) in [5.74, 6) is 1.27. The molecule has 1 amide bonds. The molecule has 3 saturated heterocycles. The Bertz CT molecular complexity index is 1830. The van der Waals surface area contributed by atoms with Crippen LogP contribution in [0.25, 0.3) is 0 Å². The second-order valence-electron chi connectivity index (χ2n) is 15.4. The molecule has 0 radical (unpaired) electrons. The maximum Gasteiger partial charge on any atom is 0.318 e. The fraction of sp³-hybridized carbons (Fsp3) is 0.622. The Labute approximate surface area is 302 Å². The number of piperidine rings is 1. The normalized spacial score (nSPS) is 28.0. The van der Waals surface area contributed by atoms with Gasteiger partial charge in [-0.05, 0) is 74.6 Å². The average molecular weight is 725 g/mol. The van der Waals surface area contributed by atoms with Crippen LogP contribution in [0.3, 0.4) is 0 Å². The summed E-state index contributed by atoms with van der Waals surface area (Å²) in [4.78, 5) is 30.1. The standard InChI is InChI=1S/C37H44Cl2FN7O3/c1-23-8-15-44(16-9-23)34(48)32-31(39)30-20-45(12-4-14-47(30)43-32)33-26-21-50-37(11-7-25-27(37)5-2-6-28(25)38)18-29(26)41-35(42-33)49-22-36-10-3-13-46(36)19-24(40)17-36/h2,5-6,23-24H,3-4,7-22H2,1H3/t24-,36+,37+/m1/s1. The molecule has 266 valence electrons. The number of carbonyl (C=O) groups excluding carboxylic acids is 1. The monoisotopic (exact) mass is 723 g/mol. The highest BCUT2D eigenvalue weighted by molar-refractivity contribution is 6.34. The quantitative estimate of drug-likeness (QED) is 0.311. The van der Waals surface area contributed by atoms with Gasteiger partial charge in [-0.25, -0.2) is 4.39 Å². The first-order chi connectivity index (χ1) is 24.2. The van der Waals surface area contributed by atoms with Gasteiger partial charge in [0.05, 0.1) is 40.7 Å². The van der Waals surface area contributed by atoms with Crippen molar-refractivity contribution in [2.75, 3.05) is 44.2 Å². The maximum absolute atomic E-state index is 14.6. The SMILES string of the molecule is CC1CCN(C(=O)c2nn3c(c2Cl)CN(c2nc(OC[C@@]45CCCN4C[C@H](F)C5)nc4c2CO[C@@]2(CCc5c(Cl)cccc52)C4)CCC3)CC1. The Hall–Kier alpha value is -2.99. The van der Waals surface area contributed by atoms with E-state index in [4.69, 9.17) is 47.7 Å². The van der Waals surface area contributed by atoms with Crippen LogP contribution < -0.4 is 9.64 Å². The first-order valence-electron chi connectivity index (χ1n) is 18.3. The molecular weight excluding hydrogens is 680 g/mol. The summed E-state index contributed by atoms with van der Waals surface area (Å²) in [6, 6.07) is 6.37. The zero-order valence-electron chi connectivity index (χ0n) is 28.6. The van der Waals surface area contributed by atoms with E-state index < -0.39 is 11.8 Å². The van der Waals surface area contributed by atoms with Crippen molar-refractivity contribution in [1.82, 2.24) is 29.5 Å². The van der Waals surface area contributed by atoms with Gasteiger partial charge in [0.2, 0.25) is 0 Å². The number of ether oxygens (including phenoxy) is 2. The van der Waals surface area contributed by atoms with E-state index in [1.54, 1.807) is 0 Å². The fourth-order valence-electron chi connectivity index (χ4n) is 9.49. The van der Waals surface area contributed by atoms with Crippen LogP contribution in [0.15, 0.2) is 18.2 Å². The summed E-state index contributed by atoms with van der Waals surface area (Å²) < 4.78 is 29.8. The minimum Gasteiger partial charge on any atom is -0.461 e. The molecule has 9 rings (SSSR count). The first kappa shape index (κ1) is 32.9. The lowest BCUT2D eigenvalue weighted by Crippen LogP contribution is -2.43. The number of fused-ring (bicyclic) bond motifs is 5. The molecule has 0 bridgehead atoms. The summed E-state index contributed by atoms with van der Waals surface area (Å²) in [7, 11) is 0. The summed E-state index contributed by atoms with van der Waals surface area (Å²) in [6.07, 6.45) is 6.60. The molecule has 10 nitrogen and oxygen atoms in total. The van der Waals surface area contributed by atoms with Crippen LogP contribution in [-0.4, -0.2) is 86.5 Å². The molecule has 3 fully saturated rings. The molecule has 0 saturated carbocycles. The number of likely N-dealkylation sites (tertiary alicyclic amines) is 1. The third-order valence-corrected chi connectivity index (χ3v) is 13.1. The van der Waals surface area contributed by atoms with Gasteiger partial charge in [0, 0.05) is 56.2 Å². The van der Waals surface area contributed by atoms with E-state index in [1.807, 2.05) is 21.7 Å². The average Bonchev–Trinajstić information content (AvgIpc) is 3.79. The van der Waals surface area contributed by atoms with Crippen molar-refractivity contribution >= 4 is 34.9 Å². The minimum absolute atomic E-state index is 0.0949. The maximum atomic E-state index is 14.6. The summed E-state index contributed by atoms with van der Waals surface area (Å²) >= 11 is 13.7. The molecule has 1 aliphatic carbocycles. The summed E-state index contributed by atoms with van der Waals surface area (Å²) in [5, 5.41) is 5.95. The molecule has 0 N–H and O–H groups in total. The van der Waals surface area contributed by atoms with E-state index in [0.717, 1.165) is 103 Å². The Morgan fingerprint density at radius 1 is 1.08 bits per heavy atom. The van der Waals surface area contributed by atoms with Crippen molar-refractivity contribution in [3.05, 3.63) is 62.0 Å². The predicted molar refractivity (Wildman–Crippen MR) is 188 cm³/mol. The molecule has 3 atom stereocenters. The fourth-order valence-corrected chi connectivity index (χ4v) is 10.0. The molecule has 1 aromatic carbocycles. The van der Waals surface area contributed by atoms with E-state index >= 15 is 0 Å². The first-order valence-corrected chi connectivity index (χ1v) is 19.1. The highest BCUT2D eigenvalue weighted by Crippen LogP contribution is 2.49. The number of alkyl halides is 1. The second kappa shape index (κ2) is 12.6. The Morgan fingerprint density at radius 2 is 1.94 bits per heavy atom. The van der Waals surface area contributed by atoms with Crippen LogP contribution in [0.2, 0.25) is 10.0 Å². The molecular formula is C37H44Cl2FN7O3. The van der Waals surface area contributed by atoms with Crippen molar-refractivity contribution in [2.45, 2.75) is 102 Å². The molecule has 7 heterocycles. The van der Waals surface area contributed by atoms with Crippen molar-refractivity contribution in [1.29, 1.82) is 0 Å². The van der Waals surface area contributed by atoms with Gasteiger partial charge in [0.25, 0.3) is 5.91 Å². The summed E-state index contributed by atoms with van der Waals surface area (Å²) in [5.41, 5.74) is 4.41. The van der Waals surface area contributed by atoms with E-state index in [2.05, 4.69) is 22.8 Å². The lowest BCUT2D eigenvalue weighted by Gasteiger charge is -2.37. The van der Waals surface area contributed by atoms with E-state index in [1.165, 1.54) is 0 Å². The molecule has 50 heavy (non-hydrogen) atoms. The molecule has 13 heteroatoms. The molecule has 3 aromatic rings. The number of nitrogens with zero attached hydrogens (tertiary/aromatic N) is 7. The zero-order chi connectivity index (χ0) is 34.2. The summed E-state index contributed by atoms with van der Waals surface area (Å²) in [6.45, 7) is 7.53. The van der Waals surface area contributed by atoms with Gasteiger partial charge >= 0.3 is 6.01 Å². The Kier molecular flexibility index (Phi) is 8.29. The smallest absolute Gasteiger partial charge is 0.318 e. The number of aryl methyl sites for hydroxylation is 1. The number of halogens is 3. The van der Waals surface area contributed by atoms with E-state index in [9.17, 15) is 9.18 Å². The second-order valence-corrected chi connectivity index (χ2v) is 16.2. The van der Waals surface area contributed by atoms with Gasteiger partial charge in [-0.15, -0.1) is 0 Å². The molecule has 1 spiro atoms. The van der Waals surface area contributed by atoms with Crippen LogP contribution in [0.5, 0.6) is 6.01 Å². The van der Waals surface area contributed by atoms with Gasteiger partial charge in [-0.2, -0.15) is 15.1 Å². The largest absolute Gasteiger partial charge is 0.461 e. The van der Waals surface area contributed by atoms with Crippen molar-refractivity contribution in [2.24, 2.45) is 5.92 Å². The number of carbonyl (C=O) groups is 1. The highest BCUT2D eigenvalue weighted by Gasteiger charge is 2.50. The Morgan fingerprint density at radius 3 is 2.80 bits per heavy atom. The van der Waals surface area contributed by atoms with E-state index in [-0.39, 0.29) is 11.4 Å². The molecule has 2 aromatic heterocycles. The number of rotatable bonds is 5. The molecule has 0 unspecified atom stereocenters. The number of anilines is 1. The van der Waals surface area contributed by atoms with Crippen LogP contribution >= 0.6 is 23.2 Å². The van der Waals surface area contributed by atoms with Crippen LogP contribution in [0.1, 0.15) is 90.4 Å². The number of benzene rings is 1. The lowest BCUT2D eigenvalue weighted by molar-refractivity contribution is -0.0730. The number of aromatic nitrogens is 4. The number of hydrogen-bond donors (Lipinski definition) is 0. The minimum atomic E-state index is -0.841. The van der Waals surface area contributed by atoms with Gasteiger partial charge in [-0.3, -0.25) is 14.4 Å². The van der Waals surface area contributed by atoms with Crippen molar-refractivity contribution in [3.63, 3.8) is 0 Å². The highest BCUT2D eigenvalue weighted by atomic mass is 35.5. The number of hydrogen-bond acceptors (Lipinski definition) is 8. The third kappa shape index (κ3) is 5.49. The van der Waals surface area contributed by atoms with Crippen LogP contribution in [0.4, 0.5) is 10.2 Å².